The molecule has 1 aliphatic heterocycles. The Morgan fingerprint density at radius 3 is 2.96 bits per heavy atom. The van der Waals surface area contributed by atoms with Crippen LogP contribution in [0.5, 0.6) is 0 Å². The number of hydrogen-bond acceptors (Lipinski definition) is 5. The third-order valence-electron chi connectivity index (χ3n) is 3.97. The Bertz CT molecular complexity index is 802. The topological polar surface area (TPSA) is 89.3 Å². The van der Waals surface area contributed by atoms with E-state index in [1.807, 2.05) is 13.0 Å². The lowest BCUT2D eigenvalue weighted by Crippen LogP contribution is -2.53. The highest BCUT2D eigenvalue weighted by Gasteiger charge is 2.33. The molecule has 4 N–H and O–H groups in total. The minimum Gasteiger partial charge on any atom is -0.350 e. The maximum Gasteiger partial charge on any atom is 0.277 e. The molecule has 8 heteroatoms. The molecule has 2 aromatic rings. The van der Waals surface area contributed by atoms with E-state index in [1.165, 1.54) is 0 Å². The van der Waals surface area contributed by atoms with Crippen molar-refractivity contribution in [2.75, 3.05) is 18.4 Å². The number of nitrogens with two attached hydrogens (primary N) is 1. The fourth-order valence-corrected chi connectivity index (χ4v) is 2.74. The van der Waals surface area contributed by atoms with E-state index in [4.69, 9.17) is 10.5 Å². The summed E-state index contributed by atoms with van der Waals surface area (Å²) in [6.07, 6.45) is 0.354. The molecule has 0 aliphatic carbocycles. The number of aromatic nitrogens is 1. The zero-order chi connectivity index (χ0) is 18.0. The lowest BCUT2D eigenvalue weighted by molar-refractivity contribution is -0.107. The summed E-state index contributed by atoms with van der Waals surface area (Å²) in [5.41, 5.74) is 5.95. The monoisotopic (exact) mass is 348 g/mol. The first kappa shape index (κ1) is 17.4. The van der Waals surface area contributed by atoms with E-state index in [-0.39, 0.29) is 0 Å². The van der Waals surface area contributed by atoms with E-state index >= 15 is 0 Å². The summed E-state index contributed by atoms with van der Waals surface area (Å²) in [7, 11) is 0. The van der Waals surface area contributed by atoms with Crippen molar-refractivity contribution in [1.29, 1.82) is 0 Å². The summed E-state index contributed by atoms with van der Waals surface area (Å²) in [6.45, 7) is 3.01. The molecule has 1 amide bonds. The number of rotatable bonds is 3. The Labute approximate surface area is 143 Å². The molecule has 2 unspecified atom stereocenters. The van der Waals surface area contributed by atoms with Gasteiger partial charge in [0, 0.05) is 24.8 Å². The molecule has 1 aromatic carbocycles. The van der Waals surface area contributed by atoms with Crippen LogP contribution in [0.25, 0.3) is 0 Å². The highest BCUT2D eigenvalue weighted by atomic mass is 19.1. The average molecular weight is 348 g/mol. The Morgan fingerprint density at radius 2 is 2.24 bits per heavy atom. The van der Waals surface area contributed by atoms with Crippen molar-refractivity contribution in [3.05, 3.63) is 59.4 Å². The SMILES string of the molecule is CC1(c2cccc(NC(=O)c3ncc(F)cc3F)c2)CNCC(N)O1. The van der Waals surface area contributed by atoms with Crippen molar-refractivity contribution >= 4 is 11.6 Å². The highest BCUT2D eigenvalue weighted by molar-refractivity contribution is 6.03. The van der Waals surface area contributed by atoms with Crippen molar-refractivity contribution < 1.29 is 18.3 Å². The smallest absolute Gasteiger partial charge is 0.277 e. The number of nitrogens with zero attached hydrogens (tertiary/aromatic N) is 1. The number of benzene rings is 1. The summed E-state index contributed by atoms with van der Waals surface area (Å²) in [5, 5.41) is 5.75. The van der Waals surface area contributed by atoms with Crippen LogP contribution in [-0.2, 0) is 10.3 Å². The minimum atomic E-state index is -1.02. The van der Waals surface area contributed by atoms with E-state index in [9.17, 15) is 13.6 Å². The molecule has 2 atom stereocenters. The first-order valence-corrected chi connectivity index (χ1v) is 7.74. The maximum absolute atomic E-state index is 13.7. The van der Waals surface area contributed by atoms with E-state index in [0.717, 1.165) is 11.8 Å². The maximum atomic E-state index is 13.7. The Hall–Kier alpha value is -2.42. The van der Waals surface area contributed by atoms with Crippen molar-refractivity contribution in [2.24, 2.45) is 5.73 Å². The van der Waals surface area contributed by atoms with E-state index in [0.29, 0.717) is 24.8 Å². The summed E-state index contributed by atoms with van der Waals surface area (Å²) >= 11 is 0. The van der Waals surface area contributed by atoms with Crippen LogP contribution < -0.4 is 16.4 Å². The number of ether oxygens (including phenoxy) is 1. The standard InChI is InChI=1S/C17H18F2N4O2/c1-17(9-21-8-14(20)25-17)10-3-2-4-12(5-10)23-16(24)15-13(19)6-11(18)7-22-15/h2-7,14,21H,8-9,20H2,1H3,(H,23,24). The summed E-state index contributed by atoms with van der Waals surface area (Å²) in [6, 6.07) is 7.59. The lowest BCUT2D eigenvalue weighted by atomic mass is 9.94. The predicted molar refractivity (Wildman–Crippen MR) is 87.8 cm³/mol. The Kier molecular flexibility index (Phi) is 4.76. The molecule has 132 valence electrons. The van der Waals surface area contributed by atoms with Gasteiger partial charge in [0.2, 0.25) is 0 Å². The van der Waals surface area contributed by atoms with Gasteiger partial charge in [-0.25, -0.2) is 13.8 Å². The number of carbonyl (C=O) groups is 1. The third kappa shape index (κ3) is 3.81. The van der Waals surface area contributed by atoms with Gasteiger partial charge in [-0.1, -0.05) is 12.1 Å². The van der Waals surface area contributed by atoms with Gasteiger partial charge in [-0.3, -0.25) is 4.79 Å². The molecular formula is C17H18F2N4O2. The van der Waals surface area contributed by atoms with Crippen molar-refractivity contribution in [2.45, 2.75) is 18.8 Å². The van der Waals surface area contributed by atoms with Gasteiger partial charge in [0.1, 0.15) is 17.6 Å². The van der Waals surface area contributed by atoms with Crippen molar-refractivity contribution in [3.8, 4) is 0 Å². The molecule has 0 saturated carbocycles. The molecule has 1 aliphatic rings. The Morgan fingerprint density at radius 1 is 1.44 bits per heavy atom. The minimum absolute atomic E-state index is 0.436. The summed E-state index contributed by atoms with van der Waals surface area (Å²) in [5.74, 6) is -2.63. The van der Waals surface area contributed by atoms with Crippen LogP contribution in [0.4, 0.5) is 14.5 Å². The van der Waals surface area contributed by atoms with E-state index in [1.54, 1.807) is 18.2 Å². The van der Waals surface area contributed by atoms with Gasteiger partial charge in [-0.05, 0) is 24.6 Å². The number of halogens is 2. The molecular weight excluding hydrogens is 330 g/mol. The normalized spacial score (nSPS) is 23.3. The number of hydrogen-bond donors (Lipinski definition) is 3. The van der Waals surface area contributed by atoms with Gasteiger partial charge in [-0.15, -0.1) is 0 Å². The molecule has 1 saturated heterocycles. The van der Waals surface area contributed by atoms with Gasteiger partial charge in [-0.2, -0.15) is 0 Å². The number of pyridine rings is 1. The third-order valence-corrected chi connectivity index (χ3v) is 3.97. The second-order valence-corrected chi connectivity index (χ2v) is 6.04. The fraction of sp³-hybridized carbons (Fsp3) is 0.294. The van der Waals surface area contributed by atoms with E-state index < -0.39 is 35.1 Å². The van der Waals surface area contributed by atoms with Gasteiger partial charge in [0.05, 0.1) is 6.20 Å². The molecule has 0 bridgehead atoms. The first-order valence-electron chi connectivity index (χ1n) is 7.74. The van der Waals surface area contributed by atoms with Crippen LogP contribution in [0.2, 0.25) is 0 Å². The van der Waals surface area contributed by atoms with E-state index in [2.05, 4.69) is 15.6 Å². The molecule has 6 nitrogen and oxygen atoms in total. The lowest BCUT2D eigenvalue weighted by Gasteiger charge is -2.38. The largest absolute Gasteiger partial charge is 0.350 e. The number of nitrogens with one attached hydrogen (secondary N) is 2. The molecule has 0 spiro atoms. The second kappa shape index (κ2) is 6.83. The molecule has 1 fully saturated rings. The van der Waals surface area contributed by atoms with Crippen molar-refractivity contribution in [1.82, 2.24) is 10.3 Å². The van der Waals surface area contributed by atoms with Crippen LogP contribution >= 0.6 is 0 Å². The quantitative estimate of drug-likeness (QED) is 0.786. The number of anilines is 1. The zero-order valence-corrected chi connectivity index (χ0v) is 13.6. The van der Waals surface area contributed by atoms with Gasteiger partial charge >= 0.3 is 0 Å². The first-order chi connectivity index (χ1) is 11.9. The summed E-state index contributed by atoms with van der Waals surface area (Å²) < 4.78 is 32.4. The highest BCUT2D eigenvalue weighted by Crippen LogP contribution is 2.29. The molecule has 2 heterocycles. The average Bonchev–Trinajstić information content (AvgIpc) is 2.54. The number of carbonyl (C=O) groups excluding carboxylic acids is 1. The van der Waals surface area contributed by atoms with Crippen LogP contribution in [0.15, 0.2) is 36.5 Å². The second-order valence-electron chi connectivity index (χ2n) is 6.04. The van der Waals surface area contributed by atoms with Gasteiger partial charge in [0.25, 0.3) is 5.91 Å². The van der Waals surface area contributed by atoms with Gasteiger partial charge in [0.15, 0.2) is 11.5 Å². The van der Waals surface area contributed by atoms with Crippen molar-refractivity contribution in [3.63, 3.8) is 0 Å². The molecule has 25 heavy (non-hydrogen) atoms. The number of morpholine rings is 1. The summed E-state index contributed by atoms with van der Waals surface area (Å²) in [4.78, 5) is 15.7. The Balaban J connectivity index is 1.81. The molecule has 1 aromatic heterocycles. The van der Waals surface area contributed by atoms with Crippen LogP contribution in [0, 0.1) is 11.6 Å². The molecule has 0 radical (unpaired) electrons. The van der Waals surface area contributed by atoms with Gasteiger partial charge < -0.3 is 21.1 Å². The predicted octanol–water partition coefficient (Wildman–Crippen LogP) is 1.73. The van der Waals surface area contributed by atoms with Crippen LogP contribution in [-0.4, -0.2) is 30.2 Å². The number of amides is 1. The van der Waals surface area contributed by atoms with Crippen LogP contribution in [0.1, 0.15) is 23.0 Å². The fourth-order valence-electron chi connectivity index (χ4n) is 2.74. The van der Waals surface area contributed by atoms with Crippen LogP contribution in [0.3, 0.4) is 0 Å². The zero-order valence-electron chi connectivity index (χ0n) is 13.6. The molecule has 3 rings (SSSR count).